The zero-order valence-corrected chi connectivity index (χ0v) is 15.4. The Morgan fingerprint density at radius 2 is 1.27 bits per heavy atom. The molecule has 3 aromatic rings. The van der Waals surface area contributed by atoms with Crippen LogP contribution in [0.1, 0.15) is 29.7 Å². The van der Waals surface area contributed by atoms with Gasteiger partial charge in [-0.25, -0.2) is 4.39 Å². The maximum atomic E-state index is 13.1. The molecule has 0 saturated carbocycles. The van der Waals surface area contributed by atoms with E-state index in [0.29, 0.717) is 22.0 Å². The molecule has 2 atom stereocenters. The predicted octanol–water partition coefficient (Wildman–Crippen LogP) is 6.41. The van der Waals surface area contributed by atoms with Crippen molar-refractivity contribution < 1.29 is 9.50 Å². The van der Waals surface area contributed by atoms with E-state index in [9.17, 15) is 9.50 Å². The number of hydrogen-bond acceptors (Lipinski definition) is 2. The Balaban J connectivity index is 1.83. The average molecular weight is 390 g/mol. The molecular formula is C21H18Cl2FNO. The summed E-state index contributed by atoms with van der Waals surface area (Å²) in [6.45, 7) is 0. The third-order valence-corrected chi connectivity index (χ3v) is 4.68. The van der Waals surface area contributed by atoms with Crippen LogP contribution in [0.15, 0.2) is 72.8 Å². The van der Waals surface area contributed by atoms with Gasteiger partial charge in [0.15, 0.2) is 0 Å². The summed E-state index contributed by atoms with van der Waals surface area (Å²) in [7, 11) is 0. The van der Waals surface area contributed by atoms with Crippen LogP contribution >= 0.6 is 23.2 Å². The lowest BCUT2D eigenvalue weighted by atomic mass is 9.96. The first kappa shape index (κ1) is 18.7. The van der Waals surface area contributed by atoms with E-state index in [2.05, 4.69) is 5.32 Å². The molecule has 0 radical (unpaired) electrons. The maximum Gasteiger partial charge on any atom is 0.123 e. The predicted molar refractivity (Wildman–Crippen MR) is 105 cm³/mol. The summed E-state index contributed by atoms with van der Waals surface area (Å²) in [5.41, 5.74) is 2.55. The Bertz CT molecular complexity index is 835. The first-order valence-corrected chi connectivity index (χ1v) is 8.98. The third kappa shape index (κ3) is 4.98. The van der Waals surface area contributed by atoms with E-state index in [4.69, 9.17) is 23.2 Å². The summed E-state index contributed by atoms with van der Waals surface area (Å²) in [5.74, 6) is -0.325. The lowest BCUT2D eigenvalue weighted by molar-refractivity contribution is 0.160. The zero-order valence-electron chi connectivity index (χ0n) is 13.9. The minimum atomic E-state index is -0.740. The molecule has 2 nitrogen and oxygen atoms in total. The normalized spacial score (nSPS) is 13.2. The summed E-state index contributed by atoms with van der Waals surface area (Å²) < 4.78 is 13.1. The van der Waals surface area contributed by atoms with Crippen molar-refractivity contribution in [1.29, 1.82) is 0 Å². The lowest BCUT2D eigenvalue weighted by Crippen LogP contribution is -2.15. The largest absolute Gasteiger partial charge is 0.388 e. The standard InChI is InChI=1S/C21H18Cl2FNO/c22-16-5-1-14(2-6-16)20(25-19-11-7-17(23)8-12-19)13-21(26)15-3-9-18(24)10-4-15/h1-12,20-21,25-26H,13H2. The van der Waals surface area contributed by atoms with E-state index in [-0.39, 0.29) is 11.9 Å². The molecule has 0 bridgehead atoms. The molecule has 0 aromatic heterocycles. The molecule has 0 aliphatic heterocycles. The monoisotopic (exact) mass is 389 g/mol. The fourth-order valence-corrected chi connectivity index (χ4v) is 3.02. The van der Waals surface area contributed by atoms with E-state index in [1.54, 1.807) is 24.3 Å². The number of rotatable bonds is 6. The number of halogens is 3. The first-order chi connectivity index (χ1) is 12.5. The average Bonchev–Trinajstić information content (AvgIpc) is 2.64. The van der Waals surface area contributed by atoms with Crippen LogP contribution in [0, 0.1) is 5.82 Å². The number of aliphatic hydroxyl groups excluding tert-OH is 1. The summed E-state index contributed by atoms with van der Waals surface area (Å²) in [4.78, 5) is 0. The fraction of sp³-hybridized carbons (Fsp3) is 0.143. The molecule has 0 fully saturated rings. The number of hydrogen-bond donors (Lipinski definition) is 2. The van der Waals surface area contributed by atoms with Gasteiger partial charge in [0, 0.05) is 22.2 Å². The second-order valence-electron chi connectivity index (χ2n) is 6.06. The van der Waals surface area contributed by atoms with Crippen LogP contribution in [0.2, 0.25) is 10.0 Å². The molecule has 2 N–H and O–H groups in total. The minimum absolute atomic E-state index is 0.159. The van der Waals surface area contributed by atoms with Crippen LogP contribution in [0.25, 0.3) is 0 Å². The Hall–Kier alpha value is -2.07. The molecule has 134 valence electrons. The Kier molecular flexibility index (Phi) is 6.15. The van der Waals surface area contributed by atoms with Gasteiger partial charge in [-0.05, 0) is 59.7 Å². The highest BCUT2D eigenvalue weighted by Crippen LogP contribution is 2.31. The third-order valence-electron chi connectivity index (χ3n) is 4.17. The molecule has 5 heteroatoms. The van der Waals surface area contributed by atoms with E-state index < -0.39 is 6.10 Å². The minimum Gasteiger partial charge on any atom is -0.388 e. The number of nitrogens with one attached hydrogen (secondary N) is 1. The molecule has 0 aliphatic rings. The molecule has 0 amide bonds. The van der Waals surface area contributed by atoms with Gasteiger partial charge in [0.25, 0.3) is 0 Å². The SMILES string of the molecule is OC(CC(Nc1ccc(Cl)cc1)c1ccc(Cl)cc1)c1ccc(F)cc1. The highest BCUT2D eigenvalue weighted by molar-refractivity contribution is 6.30. The van der Waals surface area contributed by atoms with Gasteiger partial charge in [-0.2, -0.15) is 0 Å². The van der Waals surface area contributed by atoms with Crippen LogP contribution < -0.4 is 5.32 Å². The van der Waals surface area contributed by atoms with E-state index in [1.807, 2.05) is 36.4 Å². The van der Waals surface area contributed by atoms with Crippen molar-refractivity contribution >= 4 is 28.9 Å². The van der Waals surface area contributed by atoms with Crippen molar-refractivity contribution in [3.8, 4) is 0 Å². The van der Waals surface area contributed by atoms with E-state index in [1.165, 1.54) is 12.1 Å². The van der Waals surface area contributed by atoms with Crippen molar-refractivity contribution in [2.24, 2.45) is 0 Å². The van der Waals surface area contributed by atoms with Crippen LogP contribution in [0.4, 0.5) is 10.1 Å². The van der Waals surface area contributed by atoms with Crippen molar-refractivity contribution in [1.82, 2.24) is 0 Å². The van der Waals surface area contributed by atoms with Gasteiger partial charge >= 0.3 is 0 Å². The smallest absolute Gasteiger partial charge is 0.123 e. The number of aliphatic hydroxyl groups is 1. The molecule has 26 heavy (non-hydrogen) atoms. The van der Waals surface area contributed by atoms with Crippen LogP contribution in [-0.2, 0) is 0 Å². The summed E-state index contributed by atoms with van der Waals surface area (Å²) >= 11 is 11.9. The summed E-state index contributed by atoms with van der Waals surface area (Å²) in [6.07, 6.45) is -0.327. The van der Waals surface area contributed by atoms with Crippen LogP contribution in [0.5, 0.6) is 0 Å². The number of anilines is 1. The molecule has 3 rings (SSSR count). The molecule has 2 unspecified atom stereocenters. The van der Waals surface area contributed by atoms with Crippen molar-refractivity contribution in [2.75, 3.05) is 5.32 Å². The Labute approximate surface area is 162 Å². The lowest BCUT2D eigenvalue weighted by Gasteiger charge is -2.24. The zero-order chi connectivity index (χ0) is 18.5. The van der Waals surface area contributed by atoms with Crippen molar-refractivity contribution in [2.45, 2.75) is 18.6 Å². The number of benzene rings is 3. The van der Waals surface area contributed by atoms with Gasteiger partial charge in [-0.15, -0.1) is 0 Å². The quantitative estimate of drug-likeness (QED) is 0.510. The maximum absolute atomic E-state index is 13.1. The second kappa shape index (κ2) is 8.54. The molecule has 0 aliphatic carbocycles. The molecule has 0 saturated heterocycles. The fourth-order valence-electron chi connectivity index (χ4n) is 2.77. The van der Waals surface area contributed by atoms with Crippen molar-refractivity contribution in [3.63, 3.8) is 0 Å². The van der Waals surface area contributed by atoms with Gasteiger partial charge in [0.1, 0.15) is 5.82 Å². The van der Waals surface area contributed by atoms with Crippen molar-refractivity contribution in [3.05, 3.63) is 99.8 Å². The van der Waals surface area contributed by atoms with Crippen LogP contribution in [0.3, 0.4) is 0 Å². The van der Waals surface area contributed by atoms with Gasteiger partial charge in [-0.1, -0.05) is 47.5 Å². The Morgan fingerprint density at radius 1 is 0.769 bits per heavy atom. The molecular weight excluding hydrogens is 372 g/mol. The first-order valence-electron chi connectivity index (χ1n) is 8.22. The highest BCUT2D eigenvalue weighted by atomic mass is 35.5. The van der Waals surface area contributed by atoms with Gasteiger partial charge in [0.05, 0.1) is 12.1 Å². The Morgan fingerprint density at radius 3 is 1.85 bits per heavy atom. The molecule has 0 heterocycles. The second-order valence-corrected chi connectivity index (χ2v) is 6.93. The van der Waals surface area contributed by atoms with Crippen LogP contribution in [-0.4, -0.2) is 5.11 Å². The molecule has 0 spiro atoms. The summed E-state index contributed by atoms with van der Waals surface area (Å²) in [5, 5.41) is 15.3. The van der Waals surface area contributed by atoms with E-state index in [0.717, 1.165) is 11.3 Å². The van der Waals surface area contributed by atoms with Gasteiger partial charge < -0.3 is 10.4 Å². The highest BCUT2D eigenvalue weighted by Gasteiger charge is 2.18. The summed E-state index contributed by atoms with van der Waals surface area (Å²) in [6, 6.07) is 20.6. The van der Waals surface area contributed by atoms with Gasteiger partial charge in [0.2, 0.25) is 0 Å². The van der Waals surface area contributed by atoms with Gasteiger partial charge in [-0.3, -0.25) is 0 Å². The molecule has 3 aromatic carbocycles. The van der Waals surface area contributed by atoms with E-state index >= 15 is 0 Å². The topological polar surface area (TPSA) is 32.3 Å².